The van der Waals surface area contributed by atoms with E-state index in [1.165, 1.54) is 11.1 Å². The first-order valence-electron chi connectivity index (χ1n) is 11.1. The molecule has 0 amide bonds. The Morgan fingerprint density at radius 2 is 2.09 bits per heavy atom. The van der Waals surface area contributed by atoms with Gasteiger partial charge in [-0.25, -0.2) is 4.68 Å². The Kier molecular flexibility index (Phi) is 7.40. The summed E-state index contributed by atoms with van der Waals surface area (Å²) in [6.45, 7) is 4.94. The van der Waals surface area contributed by atoms with Gasteiger partial charge in [-0.15, -0.1) is 0 Å². The Bertz CT molecular complexity index is 1010. The van der Waals surface area contributed by atoms with Crippen LogP contribution in [0.25, 0.3) is 5.69 Å². The van der Waals surface area contributed by atoms with E-state index in [0.29, 0.717) is 13.2 Å². The van der Waals surface area contributed by atoms with Gasteiger partial charge in [-0.3, -0.25) is 4.99 Å². The Morgan fingerprint density at radius 3 is 2.81 bits per heavy atom. The van der Waals surface area contributed by atoms with Crippen LogP contribution >= 0.6 is 0 Å². The summed E-state index contributed by atoms with van der Waals surface area (Å²) in [5.41, 5.74) is 4.62. The van der Waals surface area contributed by atoms with Crippen molar-refractivity contribution >= 4 is 5.96 Å². The van der Waals surface area contributed by atoms with Gasteiger partial charge in [-0.1, -0.05) is 24.3 Å². The highest BCUT2D eigenvalue weighted by Crippen LogP contribution is 2.23. The van der Waals surface area contributed by atoms with E-state index in [1.807, 2.05) is 16.9 Å². The fraction of sp³-hybridized carbons (Fsp3) is 0.360. The highest BCUT2D eigenvalue weighted by atomic mass is 16.5. The summed E-state index contributed by atoms with van der Waals surface area (Å²) in [7, 11) is 1.79. The molecule has 1 unspecified atom stereocenters. The number of rotatable bonds is 8. The number of nitrogens with zero attached hydrogens (tertiary/aromatic N) is 3. The predicted octanol–water partition coefficient (Wildman–Crippen LogP) is 3.26. The third-order valence-corrected chi connectivity index (χ3v) is 5.49. The summed E-state index contributed by atoms with van der Waals surface area (Å²) in [5.74, 6) is 1.69. The molecule has 1 aromatic heterocycles. The number of aryl methyl sites for hydroxylation is 1. The van der Waals surface area contributed by atoms with Crippen LogP contribution < -0.4 is 15.4 Å². The van der Waals surface area contributed by atoms with Gasteiger partial charge in [0.15, 0.2) is 5.96 Å². The SMILES string of the molecule is CN=C(NCCc1ccc(-n2cccn2)cc1)NCc1ccc(C)cc1OC1CCOC1. The van der Waals surface area contributed by atoms with Gasteiger partial charge < -0.3 is 20.1 Å². The molecule has 1 fully saturated rings. The van der Waals surface area contributed by atoms with Crippen molar-refractivity contribution in [3.8, 4) is 11.4 Å². The largest absolute Gasteiger partial charge is 0.488 e. The molecule has 0 bridgehead atoms. The van der Waals surface area contributed by atoms with Crippen molar-refractivity contribution in [1.82, 2.24) is 20.4 Å². The maximum Gasteiger partial charge on any atom is 0.191 e. The Labute approximate surface area is 189 Å². The van der Waals surface area contributed by atoms with Gasteiger partial charge >= 0.3 is 0 Å². The van der Waals surface area contributed by atoms with Crippen LogP contribution in [0.5, 0.6) is 5.75 Å². The summed E-state index contributed by atoms with van der Waals surface area (Å²) < 4.78 is 13.5. The van der Waals surface area contributed by atoms with Crippen LogP contribution in [0.1, 0.15) is 23.1 Å². The van der Waals surface area contributed by atoms with Crippen molar-refractivity contribution in [1.29, 1.82) is 0 Å². The monoisotopic (exact) mass is 433 g/mol. The minimum absolute atomic E-state index is 0.132. The summed E-state index contributed by atoms with van der Waals surface area (Å²) in [4.78, 5) is 4.35. The summed E-state index contributed by atoms with van der Waals surface area (Å²) in [5, 5.41) is 11.1. The average molecular weight is 434 g/mol. The van der Waals surface area contributed by atoms with Crippen LogP contribution in [-0.2, 0) is 17.7 Å². The molecule has 0 spiro atoms. The zero-order chi connectivity index (χ0) is 22.2. The molecule has 0 saturated carbocycles. The minimum Gasteiger partial charge on any atom is -0.488 e. The lowest BCUT2D eigenvalue weighted by Gasteiger charge is -2.18. The van der Waals surface area contributed by atoms with E-state index in [-0.39, 0.29) is 6.10 Å². The van der Waals surface area contributed by atoms with Gasteiger partial charge in [-0.2, -0.15) is 5.10 Å². The lowest BCUT2D eigenvalue weighted by atomic mass is 10.1. The summed E-state index contributed by atoms with van der Waals surface area (Å²) in [6.07, 6.45) is 5.70. The quantitative estimate of drug-likeness (QED) is 0.421. The zero-order valence-corrected chi connectivity index (χ0v) is 18.8. The number of hydrogen-bond acceptors (Lipinski definition) is 4. The molecular formula is C25H31N5O2. The van der Waals surface area contributed by atoms with E-state index >= 15 is 0 Å². The van der Waals surface area contributed by atoms with Crippen LogP contribution in [0.3, 0.4) is 0 Å². The topological polar surface area (TPSA) is 72.7 Å². The molecule has 32 heavy (non-hydrogen) atoms. The second-order valence-corrected chi connectivity index (χ2v) is 7.93. The van der Waals surface area contributed by atoms with E-state index in [0.717, 1.165) is 49.0 Å². The van der Waals surface area contributed by atoms with Crippen molar-refractivity contribution in [2.24, 2.45) is 4.99 Å². The second-order valence-electron chi connectivity index (χ2n) is 7.93. The molecule has 0 radical (unpaired) electrons. The number of guanidine groups is 1. The Balaban J connectivity index is 1.27. The molecule has 7 nitrogen and oxygen atoms in total. The number of nitrogens with one attached hydrogen (secondary N) is 2. The van der Waals surface area contributed by atoms with E-state index < -0.39 is 0 Å². The number of ether oxygens (including phenoxy) is 2. The second kappa shape index (κ2) is 10.8. The Hall–Kier alpha value is -3.32. The third kappa shape index (κ3) is 5.88. The lowest BCUT2D eigenvalue weighted by molar-refractivity contribution is 0.140. The zero-order valence-electron chi connectivity index (χ0n) is 18.8. The van der Waals surface area contributed by atoms with Crippen LogP contribution in [-0.4, -0.2) is 48.7 Å². The van der Waals surface area contributed by atoms with Crippen molar-refractivity contribution in [3.05, 3.63) is 77.6 Å². The van der Waals surface area contributed by atoms with Gasteiger partial charge in [0, 0.05) is 44.5 Å². The Morgan fingerprint density at radius 1 is 1.22 bits per heavy atom. The molecule has 7 heteroatoms. The van der Waals surface area contributed by atoms with Crippen molar-refractivity contribution in [2.45, 2.75) is 32.4 Å². The third-order valence-electron chi connectivity index (χ3n) is 5.49. The predicted molar refractivity (Wildman–Crippen MR) is 127 cm³/mol. The lowest BCUT2D eigenvalue weighted by Crippen LogP contribution is -2.38. The maximum absolute atomic E-state index is 6.20. The molecule has 1 aliphatic heterocycles. The van der Waals surface area contributed by atoms with Crippen LogP contribution in [0.2, 0.25) is 0 Å². The fourth-order valence-corrected chi connectivity index (χ4v) is 3.66. The molecule has 1 atom stereocenters. The van der Waals surface area contributed by atoms with Crippen LogP contribution in [0, 0.1) is 6.92 Å². The van der Waals surface area contributed by atoms with Crippen molar-refractivity contribution in [3.63, 3.8) is 0 Å². The first kappa shape index (κ1) is 21.9. The molecule has 168 valence electrons. The fourth-order valence-electron chi connectivity index (χ4n) is 3.66. The van der Waals surface area contributed by atoms with E-state index in [9.17, 15) is 0 Å². The highest BCUT2D eigenvalue weighted by Gasteiger charge is 2.18. The average Bonchev–Trinajstić information content (AvgIpc) is 3.52. The van der Waals surface area contributed by atoms with Crippen molar-refractivity contribution < 1.29 is 9.47 Å². The van der Waals surface area contributed by atoms with Gasteiger partial charge in [-0.05, 0) is 48.7 Å². The van der Waals surface area contributed by atoms with Crippen LogP contribution in [0.15, 0.2) is 65.9 Å². The molecule has 4 rings (SSSR count). The first-order chi connectivity index (χ1) is 15.7. The number of aliphatic imine (C=N–C) groups is 1. The summed E-state index contributed by atoms with van der Waals surface area (Å²) in [6, 6.07) is 16.7. The van der Waals surface area contributed by atoms with E-state index in [2.05, 4.69) is 70.1 Å². The number of aromatic nitrogens is 2. The van der Waals surface area contributed by atoms with Gasteiger partial charge in [0.2, 0.25) is 0 Å². The molecule has 2 aromatic carbocycles. The molecular weight excluding hydrogens is 402 g/mol. The molecule has 1 saturated heterocycles. The van der Waals surface area contributed by atoms with Gasteiger partial charge in [0.05, 0.1) is 18.9 Å². The normalized spacial score (nSPS) is 16.2. The maximum atomic E-state index is 6.20. The van der Waals surface area contributed by atoms with Gasteiger partial charge in [0.25, 0.3) is 0 Å². The highest BCUT2D eigenvalue weighted by molar-refractivity contribution is 5.79. The van der Waals surface area contributed by atoms with E-state index in [4.69, 9.17) is 9.47 Å². The summed E-state index contributed by atoms with van der Waals surface area (Å²) >= 11 is 0. The van der Waals surface area contributed by atoms with Gasteiger partial charge in [0.1, 0.15) is 11.9 Å². The van der Waals surface area contributed by atoms with E-state index in [1.54, 1.807) is 13.2 Å². The molecule has 3 aromatic rings. The molecule has 2 N–H and O–H groups in total. The molecule has 0 aliphatic carbocycles. The number of benzene rings is 2. The molecule has 1 aliphatic rings. The number of hydrogen-bond donors (Lipinski definition) is 2. The molecule has 2 heterocycles. The standard InChI is InChI=1S/C25H31N5O2/c1-19-4-7-21(24(16-19)32-23-11-15-31-18-23)17-28-25(26-2)27-13-10-20-5-8-22(9-6-20)30-14-3-12-29-30/h3-9,12,14,16,23H,10-11,13,15,17-18H2,1-2H3,(H2,26,27,28). The smallest absolute Gasteiger partial charge is 0.191 e. The minimum atomic E-state index is 0.132. The first-order valence-corrected chi connectivity index (χ1v) is 11.1. The van der Waals surface area contributed by atoms with Crippen LogP contribution in [0.4, 0.5) is 0 Å². The van der Waals surface area contributed by atoms with Crippen molar-refractivity contribution in [2.75, 3.05) is 26.8 Å².